The quantitative estimate of drug-likeness (QED) is 0.640. The number of hydrogen-bond acceptors (Lipinski definition) is 7. The summed E-state index contributed by atoms with van der Waals surface area (Å²) in [6.07, 6.45) is 0.658. The smallest absolute Gasteiger partial charge is 0.212 e. The number of nitrogens with zero attached hydrogens (tertiary/aromatic N) is 2. The second-order valence-electron chi connectivity index (χ2n) is 5.92. The number of benzene rings is 2. The van der Waals surface area contributed by atoms with Crippen molar-refractivity contribution in [1.82, 2.24) is 5.43 Å². The van der Waals surface area contributed by atoms with Crippen LogP contribution >= 0.6 is 11.6 Å². The van der Waals surface area contributed by atoms with Gasteiger partial charge in [0.1, 0.15) is 11.8 Å². The largest absolute Gasteiger partial charge is 0.508 e. The molecular weight excluding hydrogens is 368 g/mol. The van der Waals surface area contributed by atoms with E-state index >= 15 is 0 Å². The van der Waals surface area contributed by atoms with Crippen LogP contribution in [-0.2, 0) is 4.74 Å². The Bertz CT molecular complexity index is 841. The molecule has 142 valence electrons. The molecule has 2 atom stereocenters. The van der Waals surface area contributed by atoms with Gasteiger partial charge in [0.25, 0.3) is 0 Å². The first-order valence-corrected chi connectivity index (χ1v) is 8.62. The van der Waals surface area contributed by atoms with Gasteiger partial charge < -0.3 is 20.3 Å². The van der Waals surface area contributed by atoms with Crippen molar-refractivity contribution in [1.29, 1.82) is 5.26 Å². The van der Waals surface area contributed by atoms with Crippen molar-refractivity contribution in [2.75, 3.05) is 11.9 Å². The lowest BCUT2D eigenvalue weighted by Gasteiger charge is -2.12. The van der Waals surface area contributed by atoms with Gasteiger partial charge in [-0.25, -0.2) is 0 Å². The fourth-order valence-electron chi connectivity index (χ4n) is 2.28. The first-order valence-electron chi connectivity index (χ1n) is 8.25. The Kier molecular flexibility index (Phi) is 7.29. The predicted octanol–water partition coefficient (Wildman–Crippen LogP) is 3.27. The lowest BCUT2D eigenvalue weighted by atomic mass is 10.1. The Balaban J connectivity index is 0.000000198. The Morgan fingerprint density at radius 3 is 2.78 bits per heavy atom. The number of aliphatic hydroxyl groups excluding tert-OH is 1. The van der Waals surface area contributed by atoms with Gasteiger partial charge in [-0.1, -0.05) is 23.7 Å². The summed E-state index contributed by atoms with van der Waals surface area (Å²) in [4.78, 5) is 0. The van der Waals surface area contributed by atoms with Crippen LogP contribution in [0.3, 0.4) is 0 Å². The number of anilines is 1. The predicted molar refractivity (Wildman–Crippen MR) is 105 cm³/mol. The number of aliphatic hydroxyl groups is 1. The third-order valence-electron chi connectivity index (χ3n) is 3.71. The fourth-order valence-corrected chi connectivity index (χ4v) is 2.49. The van der Waals surface area contributed by atoms with E-state index in [-0.39, 0.29) is 12.0 Å². The molecule has 0 fully saturated rings. The minimum absolute atomic E-state index is 0.227. The molecule has 2 aromatic carbocycles. The summed E-state index contributed by atoms with van der Waals surface area (Å²) in [5.74, 6) is 0.227. The van der Waals surface area contributed by atoms with E-state index < -0.39 is 6.10 Å². The van der Waals surface area contributed by atoms with Crippen molar-refractivity contribution in [3.63, 3.8) is 0 Å². The van der Waals surface area contributed by atoms with Crippen LogP contribution in [0.4, 0.5) is 5.69 Å². The summed E-state index contributed by atoms with van der Waals surface area (Å²) in [7, 11) is 0. The van der Waals surface area contributed by atoms with Crippen LogP contribution in [0.5, 0.6) is 5.75 Å². The van der Waals surface area contributed by atoms with E-state index in [4.69, 9.17) is 31.8 Å². The SMILES string of the molecule is Cc1c(NCC(C)O)ccc(C#N)c1Cl.Oc1cccc(C2NN=CO2)c1. The van der Waals surface area contributed by atoms with Gasteiger partial charge in [-0.3, -0.25) is 5.43 Å². The molecule has 0 amide bonds. The van der Waals surface area contributed by atoms with Crippen molar-refractivity contribution in [3.05, 3.63) is 58.1 Å². The first-order chi connectivity index (χ1) is 12.9. The highest BCUT2D eigenvalue weighted by atomic mass is 35.5. The maximum atomic E-state index is 9.15. The second-order valence-corrected chi connectivity index (χ2v) is 6.29. The number of nitrogens with one attached hydrogen (secondary N) is 2. The standard InChI is InChI=1S/C11H13ClN2O.C8H8N2O2/c1-7(15)6-14-10-4-3-9(5-13)11(12)8(10)2;11-7-3-1-2-6(4-7)8-10-9-5-12-8/h3-4,7,14-15H,6H2,1-2H3;1-5,8,10-11H. The zero-order valence-electron chi connectivity index (χ0n) is 15.0. The molecule has 0 spiro atoms. The lowest BCUT2D eigenvalue weighted by molar-refractivity contribution is 0.199. The molecule has 27 heavy (non-hydrogen) atoms. The Hall–Kier alpha value is -2.95. The molecule has 2 unspecified atom stereocenters. The van der Waals surface area contributed by atoms with Crippen molar-refractivity contribution in [2.24, 2.45) is 5.10 Å². The topological polar surface area (TPSA) is 110 Å². The van der Waals surface area contributed by atoms with Gasteiger partial charge in [-0.15, -0.1) is 5.10 Å². The summed E-state index contributed by atoms with van der Waals surface area (Å²) < 4.78 is 5.08. The van der Waals surface area contributed by atoms with E-state index in [1.54, 1.807) is 37.3 Å². The summed E-state index contributed by atoms with van der Waals surface area (Å²) in [5.41, 5.74) is 5.74. The second kappa shape index (κ2) is 9.67. The molecule has 0 saturated carbocycles. The number of nitriles is 1. The molecule has 0 aliphatic carbocycles. The van der Waals surface area contributed by atoms with Crippen molar-refractivity contribution >= 4 is 23.7 Å². The molecule has 4 N–H and O–H groups in total. The van der Waals surface area contributed by atoms with E-state index in [0.717, 1.165) is 16.8 Å². The number of aromatic hydroxyl groups is 1. The molecule has 0 aromatic heterocycles. The van der Waals surface area contributed by atoms with Crippen molar-refractivity contribution < 1.29 is 14.9 Å². The number of ether oxygens (including phenoxy) is 1. The Morgan fingerprint density at radius 1 is 1.41 bits per heavy atom. The third-order valence-corrected chi connectivity index (χ3v) is 4.20. The maximum Gasteiger partial charge on any atom is 0.212 e. The number of rotatable bonds is 4. The minimum Gasteiger partial charge on any atom is -0.508 e. The zero-order chi connectivity index (χ0) is 19.8. The van der Waals surface area contributed by atoms with Crippen molar-refractivity contribution in [3.8, 4) is 11.8 Å². The van der Waals surface area contributed by atoms with Crippen LogP contribution in [0.2, 0.25) is 5.02 Å². The summed E-state index contributed by atoms with van der Waals surface area (Å²) in [5, 5.41) is 34.3. The van der Waals surface area contributed by atoms with Gasteiger partial charge in [0, 0.05) is 17.8 Å². The van der Waals surface area contributed by atoms with Crippen LogP contribution in [0.25, 0.3) is 0 Å². The van der Waals surface area contributed by atoms with E-state index in [1.807, 2.05) is 19.1 Å². The minimum atomic E-state index is -0.418. The van der Waals surface area contributed by atoms with E-state index in [2.05, 4.69) is 15.8 Å². The lowest BCUT2D eigenvalue weighted by Crippen LogP contribution is -2.15. The summed E-state index contributed by atoms with van der Waals surface area (Å²) in [6, 6.07) is 12.3. The fraction of sp³-hybridized carbons (Fsp3) is 0.263. The maximum absolute atomic E-state index is 9.15. The first kappa shape index (κ1) is 20.4. The average Bonchev–Trinajstić information content (AvgIpc) is 3.18. The van der Waals surface area contributed by atoms with Gasteiger partial charge in [0.2, 0.25) is 6.23 Å². The molecule has 0 radical (unpaired) electrons. The summed E-state index contributed by atoms with van der Waals surface area (Å²) >= 11 is 5.99. The van der Waals surface area contributed by atoms with E-state index in [0.29, 0.717) is 17.1 Å². The monoisotopic (exact) mass is 388 g/mol. The molecule has 8 heteroatoms. The van der Waals surface area contributed by atoms with Crippen LogP contribution in [0, 0.1) is 18.3 Å². The molecular formula is C19H21ClN4O3. The van der Waals surface area contributed by atoms with Crippen LogP contribution in [0.1, 0.15) is 29.8 Å². The normalized spacial score (nSPS) is 15.6. The molecule has 7 nitrogen and oxygen atoms in total. The molecule has 1 aliphatic heterocycles. The zero-order valence-corrected chi connectivity index (χ0v) is 15.7. The highest BCUT2D eigenvalue weighted by Crippen LogP contribution is 2.26. The van der Waals surface area contributed by atoms with Gasteiger partial charge in [-0.05, 0) is 43.7 Å². The van der Waals surface area contributed by atoms with Crippen LogP contribution < -0.4 is 10.7 Å². The van der Waals surface area contributed by atoms with Gasteiger partial charge >= 0.3 is 0 Å². The van der Waals surface area contributed by atoms with Crippen LogP contribution in [0.15, 0.2) is 41.5 Å². The number of hydrogen-bond donors (Lipinski definition) is 4. The molecule has 3 rings (SSSR count). The molecule has 0 bridgehead atoms. The van der Waals surface area contributed by atoms with Crippen LogP contribution in [-0.4, -0.2) is 29.3 Å². The van der Waals surface area contributed by atoms with Crippen molar-refractivity contribution in [2.45, 2.75) is 26.2 Å². The number of phenols is 1. The third kappa shape index (κ3) is 5.78. The van der Waals surface area contributed by atoms with Gasteiger partial charge in [0.05, 0.1) is 16.7 Å². The molecule has 1 heterocycles. The molecule has 1 aliphatic rings. The number of hydrazone groups is 1. The average molecular weight is 389 g/mol. The Labute approximate surface area is 162 Å². The van der Waals surface area contributed by atoms with E-state index in [9.17, 15) is 0 Å². The van der Waals surface area contributed by atoms with Gasteiger partial charge in [-0.2, -0.15) is 5.26 Å². The molecule has 2 aromatic rings. The number of halogens is 1. The highest BCUT2D eigenvalue weighted by molar-refractivity contribution is 6.32. The molecule has 0 saturated heterocycles. The summed E-state index contributed by atoms with van der Waals surface area (Å²) in [6.45, 7) is 4.00. The van der Waals surface area contributed by atoms with Gasteiger partial charge in [0.15, 0.2) is 6.40 Å². The highest BCUT2D eigenvalue weighted by Gasteiger charge is 2.13. The Morgan fingerprint density at radius 2 is 2.19 bits per heavy atom. The van der Waals surface area contributed by atoms with E-state index in [1.165, 1.54) is 6.40 Å². The number of phenolic OH excluding ortho intramolecular Hbond substituents is 1.